The van der Waals surface area contributed by atoms with Crippen LogP contribution in [-0.2, 0) is 19.6 Å². The number of nitrogens with one attached hydrogen (secondary N) is 1. The van der Waals surface area contributed by atoms with Crippen LogP contribution in [0, 0.1) is 5.41 Å². The third-order valence-electron chi connectivity index (χ3n) is 1.56. The second-order valence-corrected chi connectivity index (χ2v) is 6.99. The van der Waals surface area contributed by atoms with Gasteiger partial charge in [0.05, 0.1) is 12.9 Å². The summed E-state index contributed by atoms with van der Waals surface area (Å²) < 4.78 is 29.7. The molecule has 0 heterocycles. The van der Waals surface area contributed by atoms with E-state index < -0.39 is 21.4 Å². The predicted molar refractivity (Wildman–Crippen MR) is 62.9 cm³/mol. The minimum absolute atomic E-state index is 0.0230. The molecular formula is C9H18ClNO4S. The van der Waals surface area contributed by atoms with Crippen LogP contribution < -0.4 is 4.72 Å². The molecule has 0 rings (SSSR count). The van der Waals surface area contributed by atoms with Crippen LogP contribution in [-0.4, -0.2) is 39.2 Å². The molecule has 0 fully saturated rings. The minimum atomic E-state index is -3.42. The van der Waals surface area contributed by atoms with Gasteiger partial charge < -0.3 is 4.74 Å². The van der Waals surface area contributed by atoms with Gasteiger partial charge in [-0.1, -0.05) is 20.8 Å². The summed E-state index contributed by atoms with van der Waals surface area (Å²) in [5.74, 6) is -0.676. The highest BCUT2D eigenvalue weighted by Gasteiger charge is 2.24. The largest absolute Gasteiger partial charge is 0.468 e. The quantitative estimate of drug-likeness (QED) is 0.591. The smallest absolute Gasteiger partial charge is 0.325 e. The van der Waals surface area contributed by atoms with Crippen molar-refractivity contribution in [3.05, 3.63) is 0 Å². The van der Waals surface area contributed by atoms with Crippen LogP contribution >= 0.6 is 11.6 Å². The van der Waals surface area contributed by atoms with E-state index in [0.717, 1.165) is 0 Å². The SMILES string of the molecule is COC(=O)C(Cl)CNS(=O)(=O)CC(C)(C)C. The van der Waals surface area contributed by atoms with E-state index in [2.05, 4.69) is 9.46 Å². The Kier molecular flexibility index (Phi) is 5.72. The normalized spacial score (nSPS) is 14.6. The van der Waals surface area contributed by atoms with Crippen LogP contribution in [0.2, 0.25) is 0 Å². The lowest BCUT2D eigenvalue weighted by Gasteiger charge is -2.18. The Balaban J connectivity index is 4.25. The zero-order valence-electron chi connectivity index (χ0n) is 9.91. The molecule has 0 aromatic heterocycles. The van der Waals surface area contributed by atoms with Crippen LogP contribution in [0.4, 0.5) is 0 Å². The minimum Gasteiger partial charge on any atom is -0.468 e. The van der Waals surface area contributed by atoms with E-state index in [0.29, 0.717) is 0 Å². The molecule has 1 atom stereocenters. The summed E-state index contributed by atoms with van der Waals surface area (Å²) in [6, 6.07) is 0. The Bertz CT molecular complexity index is 334. The highest BCUT2D eigenvalue weighted by Crippen LogP contribution is 2.15. The highest BCUT2D eigenvalue weighted by molar-refractivity contribution is 7.89. The van der Waals surface area contributed by atoms with Crippen molar-refractivity contribution < 1.29 is 17.9 Å². The van der Waals surface area contributed by atoms with Gasteiger partial charge in [-0.15, -0.1) is 11.6 Å². The molecule has 0 aliphatic carbocycles. The van der Waals surface area contributed by atoms with E-state index in [1.54, 1.807) is 0 Å². The van der Waals surface area contributed by atoms with Gasteiger partial charge in [0.1, 0.15) is 5.38 Å². The number of rotatable bonds is 5. The number of carbonyl (C=O) groups excluding carboxylic acids is 1. The number of esters is 1. The molecule has 1 unspecified atom stereocenters. The fourth-order valence-electron chi connectivity index (χ4n) is 1.03. The summed E-state index contributed by atoms with van der Waals surface area (Å²) in [5, 5.41) is -1.00. The fourth-order valence-corrected chi connectivity index (χ4v) is 2.95. The number of methoxy groups -OCH3 is 1. The molecule has 0 saturated heterocycles. The first-order valence-electron chi connectivity index (χ1n) is 4.76. The van der Waals surface area contributed by atoms with Crippen molar-refractivity contribution in [1.82, 2.24) is 4.72 Å². The van der Waals surface area contributed by atoms with Gasteiger partial charge in [-0.05, 0) is 5.41 Å². The molecule has 16 heavy (non-hydrogen) atoms. The van der Waals surface area contributed by atoms with E-state index in [4.69, 9.17) is 11.6 Å². The Labute approximate surface area is 102 Å². The number of halogens is 1. The van der Waals surface area contributed by atoms with E-state index in [1.165, 1.54) is 7.11 Å². The Morgan fingerprint density at radius 3 is 2.31 bits per heavy atom. The van der Waals surface area contributed by atoms with Gasteiger partial charge in [0, 0.05) is 6.54 Å². The molecule has 0 amide bonds. The third kappa shape index (κ3) is 7.03. The van der Waals surface area contributed by atoms with Gasteiger partial charge in [0.2, 0.25) is 10.0 Å². The molecule has 5 nitrogen and oxygen atoms in total. The van der Waals surface area contributed by atoms with Crippen molar-refractivity contribution in [3.8, 4) is 0 Å². The number of sulfonamides is 1. The van der Waals surface area contributed by atoms with Crippen LogP contribution in [0.3, 0.4) is 0 Å². The molecule has 0 aromatic carbocycles. The first-order chi connectivity index (χ1) is 7.07. The molecule has 96 valence electrons. The molecule has 7 heteroatoms. The van der Waals surface area contributed by atoms with Crippen molar-refractivity contribution in [3.63, 3.8) is 0 Å². The number of ether oxygens (including phenoxy) is 1. The van der Waals surface area contributed by atoms with Gasteiger partial charge >= 0.3 is 5.97 Å². The van der Waals surface area contributed by atoms with Crippen LogP contribution in [0.1, 0.15) is 20.8 Å². The van der Waals surface area contributed by atoms with Crippen LogP contribution in [0.5, 0.6) is 0 Å². The maximum Gasteiger partial charge on any atom is 0.325 e. The molecule has 0 aliphatic rings. The second-order valence-electron chi connectivity index (χ2n) is 4.66. The molecule has 0 bridgehead atoms. The van der Waals surface area contributed by atoms with E-state index in [1.807, 2.05) is 20.8 Å². The molecule has 1 N–H and O–H groups in total. The highest BCUT2D eigenvalue weighted by atomic mass is 35.5. The topological polar surface area (TPSA) is 72.5 Å². The lowest BCUT2D eigenvalue weighted by Crippen LogP contribution is -2.38. The van der Waals surface area contributed by atoms with Gasteiger partial charge in [0.15, 0.2) is 0 Å². The maximum atomic E-state index is 11.5. The number of alkyl halides is 1. The zero-order chi connectivity index (χ0) is 13.0. The van der Waals surface area contributed by atoms with Crippen molar-refractivity contribution in [2.24, 2.45) is 5.41 Å². The van der Waals surface area contributed by atoms with Gasteiger partial charge in [0.25, 0.3) is 0 Å². The van der Waals surface area contributed by atoms with Crippen molar-refractivity contribution in [2.75, 3.05) is 19.4 Å². The summed E-state index contributed by atoms with van der Waals surface area (Å²) in [6.07, 6.45) is 0. The standard InChI is InChI=1S/C9H18ClNO4S/c1-9(2,3)6-16(13,14)11-5-7(10)8(12)15-4/h7,11H,5-6H2,1-4H3. The van der Waals surface area contributed by atoms with Gasteiger partial charge in [-0.3, -0.25) is 4.79 Å². The summed E-state index contributed by atoms with van der Waals surface area (Å²) in [4.78, 5) is 10.9. The fraction of sp³-hybridized carbons (Fsp3) is 0.889. The average molecular weight is 272 g/mol. The Hall–Kier alpha value is -0.330. The summed E-state index contributed by atoms with van der Waals surface area (Å²) in [7, 11) is -2.22. The molecule has 0 aliphatic heterocycles. The zero-order valence-corrected chi connectivity index (χ0v) is 11.5. The van der Waals surface area contributed by atoms with Crippen molar-refractivity contribution >= 4 is 27.6 Å². The lowest BCUT2D eigenvalue weighted by molar-refractivity contribution is -0.140. The monoisotopic (exact) mass is 271 g/mol. The van der Waals surface area contributed by atoms with Crippen LogP contribution in [0.15, 0.2) is 0 Å². The van der Waals surface area contributed by atoms with Gasteiger partial charge in [-0.25, -0.2) is 13.1 Å². The second kappa shape index (κ2) is 5.84. The number of hydrogen-bond donors (Lipinski definition) is 1. The number of hydrogen-bond acceptors (Lipinski definition) is 4. The van der Waals surface area contributed by atoms with E-state index in [9.17, 15) is 13.2 Å². The maximum absolute atomic E-state index is 11.5. The molecular weight excluding hydrogens is 254 g/mol. The summed E-state index contributed by atoms with van der Waals surface area (Å²) in [6.45, 7) is 5.27. The van der Waals surface area contributed by atoms with E-state index >= 15 is 0 Å². The third-order valence-corrected chi connectivity index (χ3v) is 3.75. The van der Waals surface area contributed by atoms with Crippen LogP contribution in [0.25, 0.3) is 0 Å². The first kappa shape index (κ1) is 15.7. The summed E-state index contributed by atoms with van der Waals surface area (Å²) >= 11 is 5.61. The molecule has 0 saturated carbocycles. The lowest BCUT2D eigenvalue weighted by atomic mass is 10.0. The molecule has 0 radical (unpaired) electrons. The van der Waals surface area contributed by atoms with Crippen molar-refractivity contribution in [2.45, 2.75) is 26.1 Å². The predicted octanol–water partition coefficient (Wildman–Crippen LogP) is 0.732. The molecule has 0 aromatic rings. The first-order valence-corrected chi connectivity index (χ1v) is 6.85. The Morgan fingerprint density at radius 1 is 1.44 bits per heavy atom. The molecule has 0 spiro atoms. The average Bonchev–Trinajstić information content (AvgIpc) is 2.09. The number of carbonyl (C=O) groups is 1. The summed E-state index contributed by atoms with van der Waals surface area (Å²) in [5.41, 5.74) is -0.348. The van der Waals surface area contributed by atoms with Crippen molar-refractivity contribution in [1.29, 1.82) is 0 Å². The van der Waals surface area contributed by atoms with Gasteiger partial charge in [-0.2, -0.15) is 0 Å². The van der Waals surface area contributed by atoms with E-state index in [-0.39, 0.29) is 17.7 Å². The Morgan fingerprint density at radius 2 is 1.94 bits per heavy atom.